The summed E-state index contributed by atoms with van der Waals surface area (Å²) in [5, 5.41) is 22.8. The molecule has 0 saturated carbocycles. The lowest BCUT2D eigenvalue weighted by molar-refractivity contribution is 0.113. The third-order valence-electron chi connectivity index (χ3n) is 1.91. The SMILES string of the molecule is OCC(O)CSc1nccn2nccc12. The van der Waals surface area contributed by atoms with Crippen LogP contribution >= 0.6 is 11.8 Å². The Morgan fingerprint density at radius 2 is 2.33 bits per heavy atom. The van der Waals surface area contributed by atoms with E-state index in [2.05, 4.69) is 10.1 Å². The molecular weight excluding hydrogens is 214 g/mol. The zero-order valence-electron chi connectivity index (χ0n) is 7.95. The number of aromatic nitrogens is 3. The minimum atomic E-state index is -0.708. The Morgan fingerprint density at radius 1 is 1.47 bits per heavy atom. The van der Waals surface area contributed by atoms with Gasteiger partial charge in [-0.1, -0.05) is 0 Å². The Balaban J connectivity index is 2.17. The number of rotatable bonds is 4. The average molecular weight is 225 g/mol. The highest BCUT2D eigenvalue weighted by Gasteiger charge is 2.07. The topological polar surface area (TPSA) is 70.7 Å². The molecule has 1 unspecified atom stereocenters. The predicted molar refractivity (Wildman–Crippen MR) is 56.8 cm³/mol. The maximum Gasteiger partial charge on any atom is 0.122 e. The molecule has 0 amide bonds. The van der Waals surface area contributed by atoms with Crippen LogP contribution in [0.4, 0.5) is 0 Å². The quantitative estimate of drug-likeness (QED) is 0.726. The van der Waals surface area contributed by atoms with Crippen LogP contribution in [0.3, 0.4) is 0 Å². The highest BCUT2D eigenvalue weighted by molar-refractivity contribution is 7.99. The first kappa shape index (κ1) is 10.4. The zero-order valence-corrected chi connectivity index (χ0v) is 8.76. The van der Waals surface area contributed by atoms with Crippen molar-refractivity contribution in [1.29, 1.82) is 0 Å². The maximum absolute atomic E-state index is 9.22. The first-order chi connectivity index (χ1) is 7.31. The molecule has 2 aromatic heterocycles. The Kier molecular flexibility index (Phi) is 3.20. The van der Waals surface area contributed by atoms with E-state index in [1.165, 1.54) is 11.8 Å². The summed E-state index contributed by atoms with van der Waals surface area (Å²) in [6.07, 6.45) is 4.42. The number of hydrogen-bond donors (Lipinski definition) is 2. The van der Waals surface area contributed by atoms with Crippen molar-refractivity contribution < 1.29 is 10.2 Å². The summed E-state index contributed by atoms with van der Waals surface area (Å²) in [5.74, 6) is 0.425. The fourth-order valence-electron chi connectivity index (χ4n) is 1.17. The average Bonchev–Trinajstić information content (AvgIpc) is 2.74. The number of fused-ring (bicyclic) bond motifs is 1. The van der Waals surface area contributed by atoms with Gasteiger partial charge in [0.1, 0.15) is 5.03 Å². The molecule has 80 valence electrons. The second kappa shape index (κ2) is 4.61. The van der Waals surface area contributed by atoms with Crippen molar-refractivity contribution in [3.8, 4) is 0 Å². The molecule has 0 radical (unpaired) electrons. The van der Waals surface area contributed by atoms with Gasteiger partial charge in [-0.3, -0.25) is 0 Å². The van der Waals surface area contributed by atoms with Gasteiger partial charge in [0.2, 0.25) is 0 Å². The summed E-state index contributed by atoms with van der Waals surface area (Å²) in [4.78, 5) is 4.19. The number of aliphatic hydroxyl groups excluding tert-OH is 2. The molecule has 5 nitrogen and oxygen atoms in total. The summed E-state index contributed by atoms with van der Waals surface area (Å²) in [6.45, 7) is -0.227. The van der Waals surface area contributed by atoms with Crippen LogP contribution < -0.4 is 0 Å². The van der Waals surface area contributed by atoms with Gasteiger partial charge in [-0.25, -0.2) is 9.50 Å². The largest absolute Gasteiger partial charge is 0.394 e. The fraction of sp³-hybridized carbons (Fsp3) is 0.333. The molecule has 0 spiro atoms. The standard InChI is InChI=1S/C9H11N3O2S/c13-5-7(14)6-15-9-8-1-2-11-12(8)4-3-10-9/h1-4,7,13-14H,5-6H2. The van der Waals surface area contributed by atoms with E-state index in [1.807, 2.05) is 6.07 Å². The van der Waals surface area contributed by atoms with Gasteiger partial charge in [-0.15, -0.1) is 11.8 Å². The van der Waals surface area contributed by atoms with Crippen LogP contribution in [-0.2, 0) is 0 Å². The van der Waals surface area contributed by atoms with Crippen molar-refractivity contribution in [2.75, 3.05) is 12.4 Å². The molecule has 0 aliphatic rings. The first-order valence-electron chi connectivity index (χ1n) is 4.51. The van der Waals surface area contributed by atoms with Crippen LogP contribution in [0.15, 0.2) is 29.7 Å². The number of thioether (sulfide) groups is 1. The van der Waals surface area contributed by atoms with Gasteiger partial charge in [0.25, 0.3) is 0 Å². The zero-order chi connectivity index (χ0) is 10.7. The lowest BCUT2D eigenvalue weighted by Gasteiger charge is -2.06. The van der Waals surface area contributed by atoms with E-state index < -0.39 is 6.10 Å². The molecular formula is C9H11N3O2S. The number of nitrogens with zero attached hydrogens (tertiary/aromatic N) is 3. The van der Waals surface area contributed by atoms with Gasteiger partial charge in [-0.05, 0) is 6.07 Å². The normalized spacial score (nSPS) is 13.2. The molecule has 0 saturated heterocycles. The molecule has 0 fully saturated rings. The van der Waals surface area contributed by atoms with Crippen LogP contribution in [0.25, 0.3) is 5.52 Å². The van der Waals surface area contributed by atoms with Crippen molar-refractivity contribution in [3.05, 3.63) is 24.7 Å². The molecule has 2 heterocycles. The highest BCUT2D eigenvalue weighted by atomic mass is 32.2. The minimum Gasteiger partial charge on any atom is -0.394 e. The maximum atomic E-state index is 9.22. The smallest absolute Gasteiger partial charge is 0.122 e. The van der Waals surface area contributed by atoms with Gasteiger partial charge in [0.15, 0.2) is 0 Å². The molecule has 0 aromatic carbocycles. The lowest BCUT2D eigenvalue weighted by Crippen LogP contribution is -2.14. The Morgan fingerprint density at radius 3 is 3.13 bits per heavy atom. The third-order valence-corrected chi connectivity index (χ3v) is 3.05. The van der Waals surface area contributed by atoms with Crippen LogP contribution in [0.5, 0.6) is 0 Å². The monoisotopic (exact) mass is 225 g/mol. The second-order valence-electron chi connectivity index (χ2n) is 3.04. The molecule has 0 aliphatic carbocycles. The third kappa shape index (κ3) is 2.28. The molecule has 0 bridgehead atoms. The van der Waals surface area contributed by atoms with Crippen LogP contribution in [0, 0.1) is 0 Å². The van der Waals surface area contributed by atoms with Gasteiger partial charge in [0.05, 0.1) is 24.4 Å². The summed E-state index contributed by atoms with van der Waals surface area (Å²) < 4.78 is 1.72. The number of aliphatic hydroxyl groups is 2. The Labute approximate surface area is 90.8 Å². The van der Waals surface area contributed by atoms with E-state index in [-0.39, 0.29) is 6.61 Å². The predicted octanol–water partition coefficient (Wildman–Crippen LogP) is 0.175. The van der Waals surface area contributed by atoms with E-state index >= 15 is 0 Å². The van der Waals surface area contributed by atoms with Gasteiger partial charge in [-0.2, -0.15) is 5.10 Å². The summed E-state index contributed by atoms with van der Waals surface area (Å²) in [6, 6.07) is 1.86. The van der Waals surface area contributed by atoms with Crippen LogP contribution in [0.1, 0.15) is 0 Å². The van der Waals surface area contributed by atoms with E-state index in [0.717, 1.165) is 10.5 Å². The molecule has 2 aromatic rings. The van der Waals surface area contributed by atoms with E-state index in [4.69, 9.17) is 5.11 Å². The second-order valence-corrected chi connectivity index (χ2v) is 4.05. The van der Waals surface area contributed by atoms with E-state index in [9.17, 15) is 5.11 Å². The van der Waals surface area contributed by atoms with Gasteiger partial charge in [0, 0.05) is 18.1 Å². The Bertz CT molecular complexity index is 446. The Hall–Kier alpha value is -1.11. The molecule has 6 heteroatoms. The first-order valence-corrected chi connectivity index (χ1v) is 5.50. The summed E-state index contributed by atoms with van der Waals surface area (Å²) in [5.41, 5.74) is 0.910. The van der Waals surface area contributed by atoms with E-state index in [1.54, 1.807) is 23.1 Å². The van der Waals surface area contributed by atoms with Crippen molar-refractivity contribution in [1.82, 2.24) is 14.6 Å². The van der Waals surface area contributed by atoms with E-state index in [0.29, 0.717) is 5.75 Å². The van der Waals surface area contributed by atoms with Crippen molar-refractivity contribution >= 4 is 17.3 Å². The van der Waals surface area contributed by atoms with Crippen LogP contribution in [0.2, 0.25) is 0 Å². The van der Waals surface area contributed by atoms with Crippen molar-refractivity contribution in [2.45, 2.75) is 11.1 Å². The van der Waals surface area contributed by atoms with Gasteiger partial charge >= 0.3 is 0 Å². The molecule has 15 heavy (non-hydrogen) atoms. The summed E-state index contributed by atoms with van der Waals surface area (Å²) in [7, 11) is 0. The van der Waals surface area contributed by atoms with Gasteiger partial charge < -0.3 is 10.2 Å². The highest BCUT2D eigenvalue weighted by Crippen LogP contribution is 2.20. The molecule has 2 rings (SSSR count). The van der Waals surface area contributed by atoms with Crippen molar-refractivity contribution in [3.63, 3.8) is 0 Å². The number of hydrogen-bond acceptors (Lipinski definition) is 5. The summed E-state index contributed by atoms with van der Waals surface area (Å²) >= 11 is 1.41. The molecule has 0 aliphatic heterocycles. The minimum absolute atomic E-state index is 0.227. The van der Waals surface area contributed by atoms with Crippen LogP contribution in [-0.4, -0.2) is 43.3 Å². The molecule has 1 atom stereocenters. The lowest BCUT2D eigenvalue weighted by atomic mass is 10.4. The van der Waals surface area contributed by atoms with Crippen molar-refractivity contribution in [2.24, 2.45) is 0 Å². The molecule has 2 N–H and O–H groups in total. The fourth-order valence-corrected chi connectivity index (χ4v) is 2.07.